The van der Waals surface area contributed by atoms with Gasteiger partial charge in [0.1, 0.15) is 0 Å². The average Bonchev–Trinajstić information content (AvgIpc) is 2.49. The first kappa shape index (κ1) is 12.8. The summed E-state index contributed by atoms with van der Waals surface area (Å²) in [6.45, 7) is 2.88. The van der Waals surface area contributed by atoms with E-state index in [0.29, 0.717) is 0 Å². The number of hydrogen-bond acceptors (Lipinski definition) is 2. The zero-order valence-electron chi connectivity index (χ0n) is 8.53. The summed E-state index contributed by atoms with van der Waals surface area (Å²) >= 11 is 5.82. The molecule has 0 radical (unpaired) electrons. The van der Waals surface area contributed by atoms with Gasteiger partial charge in [-0.25, -0.2) is 0 Å². The van der Waals surface area contributed by atoms with E-state index in [1.165, 1.54) is 0 Å². The van der Waals surface area contributed by atoms with E-state index in [1.54, 1.807) is 0 Å². The summed E-state index contributed by atoms with van der Waals surface area (Å²) in [5, 5.41) is 13.9. The third-order valence-corrected chi connectivity index (χ3v) is 3.27. The average molecular weight is 248 g/mol. The van der Waals surface area contributed by atoms with Crippen LogP contribution in [-0.2, 0) is 5.54 Å². The van der Waals surface area contributed by atoms with Gasteiger partial charge < -0.3 is 10.4 Å². The lowest BCUT2D eigenvalue weighted by Gasteiger charge is -2.29. The van der Waals surface area contributed by atoms with Crippen LogP contribution in [0.1, 0.15) is 18.9 Å². The summed E-state index contributed by atoms with van der Waals surface area (Å²) < 4.78 is 0. The van der Waals surface area contributed by atoms with Crippen LogP contribution in [0, 0.1) is 0 Å². The quantitative estimate of drug-likeness (QED) is 0.799. The van der Waals surface area contributed by atoms with Crippen LogP contribution in [0.5, 0.6) is 0 Å². The van der Waals surface area contributed by atoms with E-state index in [4.69, 9.17) is 11.6 Å². The number of aliphatic hydroxyl groups is 1. The molecular formula is C11H15Cl2NO. The number of hydrogen-bond donors (Lipinski definition) is 2. The highest BCUT2D eigenvalue weighted by molar-refractivity contribution is 6.30. The Kier molecular flexibility index (Phi) is 4.01. The summed E-state index contributed by atoms with van der Waals surface area (Å²) in [6.07, 6.45) is 0.489. The lowest BCUT2D eigenvalue weighted by Crippen LogP contribution is -2.41. The molecule has 0 amide bonds. The Morgan fingerprint density at radius 1 is 1.40 bits per heavy atom. The monoisotopic (exact) mass is 247 g/mol. The van der Waals surface area contributed by atoms with E-state index in [-0.39, 0.29) is 24.0 Å². The molecule has 2 N–H and O–H groups in total. The van der Waals surface area contributed by atoms with Crippen LogP contribution in [0.2, 0.25) is 5.02 Å². The van der Waals surface area contributed by atoms with Crippen molar-refractivity contribution in [3.63, 3.8) is 0 Å². The maximum absolute atomic E-state index is 9.88. The summed E-state index contributed by atoms with van der Waals surface area (Å²) in [7, 11) is 0. The number of benzene rings is 1. The summed E-state index contributed by atoms with van der Waals surface area (Å²) in [5.74, 6) is 0. The second-order valence-electron chi connectivity index (χ2n) is 3.94. The van der Waals surface area contributed by atoms with Crippen molar-refractivity contribution in [3.05, 3.63) is 34.9 Å². The molecule has 0 aliphatic carbocycles. The third-order valence-electron chi connectivity index (χ3n) is 3.02. The standard InChI is InChI=1S/C11H14ClNO.ClH/c1-11(10(14)6-7-13-11)8-2-4-9(12)5-3-8;/h2-5,10,13-14H,6-7H2,1H3;1H. The topological polar surface area (TPSA) is 32.3 Å². The molecule has 1 aromatic rings. The van der Waals surface area contributed by atoms with Crippen LogP contribution in [0.15, 0.2) is 24.3 Å². The molecule has 4 heteroatoms. The van der Waals surface area contributed by atoms with E-state index in [2.05, 4.69) is 5.32 Å². The highest BCUT2D eigenvalue weighted by Gasteiger charge is 2.38. The number of aliphatic hydroxyl groups excluding tert-OH is 1. The van der Waals surface area contributed by atoms with Crippen LogP contribution in [-0.4, -0.2) is 17.8 Å². The van der Waals surface area contributed by atoms with Crippen molar-refractivity contribution in [3.8, 4) is 0 Å². The second-order valence-corrected chi connectivity index (χ2v) is 4.38. The summed E-state index contributed by atoms with van der Waals surface area (Å²) in [5.41, 5.74) is 0.775. The molecular weight excluding hydrogens is 233 g/mol. The molecule has 1 aliphatic heterocycles. The second kappa shape index (κ2) is 4.71. The fourth-order valence-electron chi connectivity index (χ4n) is 1.97. The number of nitrogens with one attached hydrogen (secondary N) is 1. The Bertz CT molecular complexity index is 328. The Labute approximate surface area is 101 Å². The van der Waals surface area contributed by atoms with Crippen molar-refractivity contribution in [2.45, 2.75) is 25.0 Å². The van der Waals surface area contributed by atoms with E-state index in [9.17, 15) is 5.11 Å². The minimum Gasteiger partial charge on any atom is -0.391 e. The minimum atomic E-state index is -0.316. The van der Waals surface area contributed by atoms with E-state index in [0.717, 1.165) is 23.6 Å². The summed E-state index contributed by atoms with van der Waals surface area (Å²) in [6, 6.07) is 7.64. The fourth-order valence-corrected chi connectivity index (χ4v) is 2.09. The van der Waals surface area contributed by atoms with E-state index >= 15 is 0 Å². The predicted molar refractivity (Wildman–Crippen MR) is 64.7 cm³/mol. The molecule has 1 fully saturated rings. The first-order valence-electron chi connectivity index (χ1n) is 4.82. The predicted octanol–water partition coefficient (Wildman–Crippen LogP) is 2.33. The minimum absolute atomic E-state index is 0. The molecule has 1 aliphatic rings. The van der Waals surface area contributed by atoms with Gasteiger partial charge in [-0.3, -0.25) is 0 Å². The molecule has 2 atom stereocenters. The summed E-state index contributed by atoms with van der Waals surface area (Å²) in [4.78, 5) is 0. The van der Waals surface area contributed by atoms with Crippen molar-refractivity contribution in [2.24, 2.45) is 0 Å². The van der Waals surface area contributed by atoms with Crippen molar-refractivity contribution in [1.29, 1.82) is 0 Å². The van der Waals surface area contributed by atoms with Gasteiger partial charge in [0.2, 0.25) is 0 Å². The van der Waals surface area contributed by atoms with Gasteiger partial charge in [-0.05, 0) is 37.6 Å². The molecule has 2 nitrogen and oxygen atoms in total. The van der Waals surface area contributed by atoms with Crippen LogP contribution >= 0.6 is 24.0 Å². The SMILES string of the molecule is CC1(c2ccc(Cl)cc2)NCCC1O.Cl. The van der Waals surface area contributed by atoms with Crippen LogP contribution in [0.3, 0.4) is 0 Å². The van der Waals surface area contributed by atoms with Gasteiger partial charge in [0.25, 0.3) is 0 Å². The van der Waals surface area contributed by atoms with Gasteiger partial charge in [0, 0.05) is 5.02 Å². The molecule has 2 rings (SSSR count). The maximum atomic E-state index is 9.88. The zero-order chi connectivity index (χ0) is 10.2. The van der Waals surface area contributed by atoms with Crippen LogP contribution in [0.25, 0.3) is 0 Å². The van der Waals surface area contributed by atoms with Gasteiger partial charge in [-0.15, -0.1) is 12.4 Å². The Balaban J connectivity index is 0.00000112. The first-order valence-corrected chi connectivity index (χ1v) is 5.20. The van der Waals surface area contributed by atoms with Gasteiger partial charge in [0.15, 0.2) is 0 Å². The van der Waals surface area contributed by atoms with Crippen LogP contribution < -0.4 is 5.32 Å². The molecule has 1 aromatic carbocycles. The van der Waals surface area contributed by atoms with Gasteiger partial charge in [-0.2, -0.15) is 0 Å². The molecule has 15 heavy (non-hydrogen) atoms. The molecule has 0 spiro atoms. The molecule has 1 heterocycles. The lowest BCUT2D eigenvalue weighted by molar-refractivity contribution is 0.107. The van der Waals surface area contributed by atoms with Crippen LogP contribution in [0.4, 0.5) is 0 Å². The zero-order valence-corrected chi connectivity index (χ0v) is 10.1. The molecule has 84 valence electrons. The fraction of sp³-hybridized carbons (Fsp3) is 0.455. The normalized spacial score (nSPS) is 29.9. The molecule has 0 aromatic heterocycles. The number of halogens is 2. The highest BCUT2D eigenvalue weighted by Crippen LogP contribution is 2.31. The maximum Gasteiger partial charge on any atom is 0.0772 e. The Hall–Kier alpha value is -0.280. The lowest BCUT2D eigenvalue weighted by atomic mass is 9.88. The molecule has 0 bridgehead atoms. The van der Waals surface area contributed by atoms with Gasteiger partial charge in [-0.1, -0.05) is 23.7 Å². The van der Waals surface area contributed by atoms with Gasteiger partial charge in [0.05, 0.1) is 11.6 Å². The highest BCUT2D eigenvalue weighted by atomic mass is 35.5. The first-order chi connectivity index (χ1) is 6.63. The Morgan fingerprint density at radius 2 is 2.00 bits per heavy atom. The smallest absolute Gasteiger partial charge is 0.0772 e. The van der Waals surface area contributed by atoms with E-state index < -0.39 is 0 Å². The van der Waals surface area contributed by atoms with Crippen molar-refractivity contribution < 1.29 is 5.11 Å². The van der Waals surface area contributed by atoms with Crippen molar-refractivity contribution in [2.75, 3.05) is 6.54 Å². The van der Waals surface area contributed by atoms with E-state index in [1.807, 2.05) is 31.2 Å². The molecule has 2 unspecified atom stereocenters. The largest absolute Gasteiger partial charge is 0.391 e. The van der Waals surface area contributed by atoms with Gasteiger partial charge >= 0.3 is 0 Å². The van der Waals surface area contributed by atoms with Crippen molar-refractivity contribution in [1.82, 2.24) is 5.32 Å². The van der Waals surface area contributed by atoms with Crippen molar-refractivity contribution >= 4 is 24.0 Å². The number of rotatable bonds is 1. The third kappa shape index (κ3) is 2.28. The molecule has 1 saturated heterocycles. The molecule has 0 saturated carbocycles. The Morgan fingerprint density at radius 3 is 2.47 bits per heavy atom.